The Morgan fingerprint density at radius 2 is 1.96 bits per heavy atom. The number of carbonyl (C=O) groups is 2. The van der Waals surface area contributed by atoms with Crippen LogP contribution in [0.2, 0.25) is 0 Å². The van der Waals surface area contributed by atoms with Crippen LogP contribution in [0.15, 0.2) is 24.3 Å². The minimum absolute atomic E-state index is 0.117. The van der Waals surface area contributed by atoms with Gasteiger partial charge >= 0.3 is 6.03 Å². The summed E-state index contributed by atoms with van der Waals surface area (Å²) >= 11 is 0. The fourth-order valence-electron chi connectivity index (χ4n) is 3.74. The van der Waals surface area contributed by atoms with Gasteiger partial charge < -0.3 is 4.90 Å². The predicted octanol–water partition coefficient (Wildman–Crippen LogP) is 1.40. The van der Waals surface area contributed by atoms with Gasteiger partial charge in [0.2, 0.25) is 10.0 Å². The molecule has 0 saturated carbocycles. The van der Waals surface area contributed by atoms with E-state index in [1.807, 2.05) is 0 Å². The van der Waals surface area contributed by atoms with Crippen molar-refractivity contribution in [3.63, 3.8) is 0 Å². The molecule has 3 amide bonds. The van der Waals surface area contributed by atoms with E-state index < -0.39 is 45.9 Å². The highest BCUT2D eigenvalue weighted by Gasteiger charge is 2.54. The average Bonchev–Trinajstić information content (AvgIpc) is 2.96. The van der Waals surface area contributed by atoms with Gasteiger partial charge in [-0.2, -0.15) is 4.31 Å². The Kier molecular flexibility index (Phi) is 4.78. The van der Waals surface area contributed by atoms with Gasteiger partial charge in [0.15, 0.2) is 0 Å². The number of hydrogen-bond donors (Lipinski definition) is 0. The van der Waals surface area contributed by atoms with Gasteiger partial charge in [0.25, 0.3) is 5.91 Å². The average molecular weight is 383 g/mol. The molecule has 142 valence electrons. The van der Waals surface area contributed by atoms with Gasteiger partial charge in [-0.15, -0.1) is 0 Å². The van der Waals surface area contributed by atoms with Crippen LogP contribution < -0.4 is 0 Å². The summed E-state index contributed by atoms with van der Waals surface area (Å²) in [7, 11) is -3.59. The molecule has 0 radical (unpaired) electrons. The van der Waals surface area contributed by atoms with Crippen molar-refractivity contribution in [3.8, 4) is 0 Å². The summed E-state index contributed by atoms with van der Waals surface area (Å²) < 4.78 is 38.9. The van der Waals surface area contributed by atoms with Crippen LogP contribution in [0.4, 0.5) is 9.18 Å². The molecular weight excluding hydrogens is 361 g/mol. The van der Waals surface area contributed by atoms with Crippen LogP contribution in [-0.2, 0) is 21.4 Å². The molecule has 1 aromatic carbocycles. The summed E-state index contributed by atoms with van der Waals surface area (Å²) in [5.41, 5.74) is 0.591. The van der Waals surface area contributed by atoms with Crippen molar-refractivity contribution in [1.82, 2.24) is 14.1 Å². The van der Waals surface area contributed by atoms with E-state index in [1.54, 1.807) is 26.0 Å². The lowest BCUT2D eigenvalue weighted by atomic mass is 10.0. The summed E-state index contributed by atoms with van der Waals surface area (Å²) in [5.74, 6) is -0.905. The summed E-state index contributed by atoms with van der Waals surface area (Å²) in [6.07, 6.45) is 1.44. The molecule has 0 bridgehead atoms. The third kappa shape index (κ3) is 3.21. The molecule has 0 aromatic heterocycles. The molecule has 26 heavy (non-hydrogen) atoms. The van der Waals surface area contributed by atoms with E-state index in [1.165, 1.54) is 21.3 Å². The first-order valence-electron chi connectivity index (χ1n) is 8.46. The monoisotopic (exact) mass is 383 g/mol. The number of imide groups is 1. The normalized spacial score (nSPS) is 24.5. The highest BCUT2D eigenvalue weighted by molar-refractivity contribution is 7.88. The van der Waals surface area contributed by atoms with Crippen molar-refractivity contribution in [2.75, 3.05) is 12.8 Å². The Hall–Kier alpha value is -2.00. The maximum absolute atomic E-state index is 13.5. The van der Waals surface area contributed by atoms with Gasteiger partial charge in [-0.25, -0.2) is 17.6 Å². The van der Waals surface area contributed by atoms with E-state index in [4.69, 9.17) is 0 Å². The van der Waals surface area contributed by atoms with Gasteiger partial charge in [0.1, 0.15) is 11.9 Å². The van der Waals surface area contributed by atoms with E-state index in [9.17, 15) is 22.4 Å². The van der Waals surface area contributed by atoms with Crippen LogP contribution in [0, 0.1) is 5.82 Å². The molecule has 2 saturated heterocycles. The third-order valence-electron chi connectivity index (χ3n) is 4.85. The van der Waals surface area contributed by atoms with Gasteiger partial charge in [0, 0.05) is 19.1 Å². The van der Waals surface area contributed by atoms with E-state index in [0.29, 0.717) is 12.0 Å². The van der Waals surface area contributed by atoms with Crippen molar-refractivity contribution in [3.05, 3.63) is 35.6 Å². The van der Waals surface area contributed by atoms with Crippen LogP contribution in [0.25, 0.3) is 0 Å². The maximum atomic E-state index is 13.5. The zero-order chi connectivity index (χ0) is 19.2. The number of hydrogen-bond acceptors (Lipinski definition) is 4. The van der Waals surface area contributed by atoms with Crippen molar-refractivity contribution in [2.45, 2.75) is 44.9 Å². The molecule has 0 spiro atoms. The molecule has 3 rings (SSSR count). The smallest absolute Gasteiger partial charge is 0.315 e. The zero-order valence-corrected chi connectivity index (χ0v) is 15.7. The van der Waals surface area contributed by atoms with Crippen LogP contribution in [0.1, 0.15) is 25.8 Å². The number of amides is 3. The van der Waals surface area contributed by atoms with Crippen LogP contribution in [0.3, 0.4) is 0 Å². The standard InChI is InChI=1S/C17H22FN3O4S/c1-11(2)21-16(22)15-14(7-8-20(15)26(3,24)25)19(17(21)23)10-12-5-4-6-13(18)9-12/h4-6,9,11,14-15H,7-8,10H2,1-3H3/t14-,15-/m1/s1. The number of fused-ring (bicyclic) bond motifs is 1. The van der Waals surface area contributed by atoms with Crippen molar-refractivity contribution in [2.24, 2.45) is 0 Å². The Morgan fingerprint density at radius 3 is 2.54 bits per heavy atom. The molecule has 2 atom stereocenters. The lowest BCUT2D eigenvalue weighted by Gasteiger charge is -2.44. The third-order valence-corrected chi connectivity index (χ3v) is 6.11. The van der Waals surface area contributed by atoms with E-state index in [0.717, 1.165) is 11.2 Å². The van der Waals surface area contributed by atoms with Crippen LogP contribution in [0.5, 0.6) is 0 Å². The van der Waals surface area contributed by atoms with E-state index in [2.05, 4.69) is 0 Å². The molecule has 2 aliphatic rings. The van der Waals surface area contributed by atoms with Crippen molar-refractivity contribution >= 4 is 22.0 Å². The molecule has 7 nitrogen and oxygen atoms in total. The number of nitrogens with zero attached hydrogens (tertiary/aromatic N) is 3. The molecule has 2 aliphatic heterocycles. The first-order chi connectivity index (χ1) is 12.1. The molecule has 1 aromatic rings. The number of carbonyl (C=O) groups excluding carboxylic acids is 2. The lowest BCUT2D eigenvalue weighted by molar-refractivity contribution is -0.138. The zero-order valence-electron chi connectivity index (χ0n) is 14.9. The van der Waals surface area contributed by atoms with Gasteiger partial charge in [-0.05, 0) is 38.0 Å². The number of benzene rings is 1. The molecule has 0 N–H and O–H groups in total. The SMILES string of the molecule is CC(C)N1C(=O)[C@H]2[C@@H](CCN2S(C)(=O)=O)N(Cc2cccc(F)c2)C1=O. The lowest BCUT2D eigenvalue weighted by Crippen LogP contribution is -2.66. The fraction of sp³-hybridized carbons (Fsp3) is 0.529. The molecular formula is C17H22FN3O4S. The number of halogens is 1. The van der Waals surface area contributed by atoms with E-state index >= 15 is 0 Å². The first kappa shape index (κ1) is 18.8. The Morgan fingerprint density at radius 1 is 1.27 bits per heavy atom. The quantitative estimate of drug-likeness (QED) is 0.787. The maximum Gasteiger partial charge on any atom is 0.327 e. The minimum Gasteiger partial charge on any atom is -0.315 e. The highest BCUT2D eigenvalue weighted by atomic mass is 32.2. The summed E-state index contributed by atoms with van der Waals surface area (Å²) in [4.78, 5) is 28.4. The summed E-state index contributed by atoms with van der Waals surface area (Å²) in [5, 5.41) is 0. The highest BCUT2D eigenvalue weighted by Crippen LogP contribution is 2.33. The van der Waals surface area contributed by atoms with E-state index in [-0.39, 0.29) is 13.1 Å². The molecule has 0 unspecified atom stereocenters. The van der Waals surface area contributed by atoms with Crippen molar-refractivity contribution in [1.29, 1.82) is 0 Å². The van der Waals surface area contributed by atoms with Gasteiger partial charge in [0.05, 0.1) is 12.3 Å². The van der Waals surface area contributed by atoms with Crippen LogP contribution >= 0.6 is 0 Å². The molecule has 2 heterocycles. The van der Waals surface area contributed by atoms with Gasteiger partial charge in [-0.1, -0.05) is 12.1 Å². The van der Waals surface area contributed by atoms with Crippen LogP contribution in [-0.4, -0.2) is 65.4 Å². The molecule has 0 aliphatic carbocycles. The predicted molar refractivity (Wildman–Crippen MR) is 93.1 cm³/mol. The van der Waals surface area contributed by atoms with Crippen molar-refractivity contribution < 1.29 is 22.4 Å². The second kappa shape index (κ2) is 6.62. The summed E-state index contributed by atoms with van der Waals surface area (Å²) in [6, 6.07) is 3.54. The second-order valence-corrected chi connectivity index (χ2v) is 8.95. The number of urea groups is 1. The molecule has 9 heteroatoms. The number of sulfonamides is 1. The fourth-order valence-corrected chi connectivity index (χ4v) is 4.82. The topological polar surface area (TPSA) is 78.0 Å². The van der Waals surface area contributed by atoms with Gasteiger partial charge in [-0.3, -0.25) is 9.69 Å². The Bertz CT molecular complexity index is 842. The molecule has 2 fully saturated rings. The minimum atomic E-state index is -3.59. The Labute approximate surface area is 152 Å². The summed E-state index contributed by atoms with van der Waals surface area (Å²) in [6.45, 7) is 3.71. The second-order valence-electron chi connectivity index (χ2n) is 7.02. The first-order valence-corrected chi connectivity index (χ1v) is 10.3. The number of rotatable bonds is 4. The largest absolute Gasteiger partial charge is 0.327 e. The Balaban J connectivity index is 2.00.